The molecule has 12 nitrogen and oxygen atoms in total. The van der Waals surface area contributed by atoms with E-state index in [4.69, 9.17) is 51.7 Å². The number of aliphatic hydroxyl groups is 9. The van der Waals surface area contributed by atoms with Gasteiger partial charge in [-0.3, -0.25) is 0 Å². The Balaban J connectivity index is 0.000000277. The third-order valence-corrected chi connectivity index (χ3v) is 4.23. The van der Waals surface area contributed by atoms with Gasteiger partial charge >= 0.3 is 0 Å². The molecule has 10 atom stereocenters. The van der Waals surface area contributed by atoms with Gasteiger partial charge in [-0.25, -0.2) is 0 Å². The first-order valence-electron chi connectivity index (χ1n) is 8.16. The van der Waals surface area contributed by atoms with Crippen LogP contribution in [0.3, 0.4) is 0 Å². The SMILES string of the molecule is OC[C@H]1O[C@H](O)[C@@H](O)[C@@H](O)[C@@H]1O.OC[C@H]1O[C@H](OCCCl)[C@@H](O)[C@@H](O)[C@@H]1O. The Kier molecular flexibility index (Phi) is 10.8. The first-order valence-corrected chi connectivity index (χ1v) is 8.69. The molecule has 27 heavy (non-hydrogen) atoms. The molecule has 2 rings (SSSR count). The molecular weight excluding hydrogens is 396 g/mol. The van der Waals surface area contributed by atoms with Crippen LogP contribution in [-0.4, -0.2) is 133 Å². The normalized spacial score (nSPS) is 45.1. The van der Waals surface area contributed by atoms with Crippen molar-refractivity contribution < 1.29 is 60.2 Å². The summed E-state index contributed by atoms with van der Waals surface area (Å²) in [4.78, 5) is 0. The number of ether oxygens (including phenoxy) is 3. The fourth-order valence-corrected chi connectivity index (χ4v) is 2.54. The minimum Gasteiger partial charge on any atom is -0.394 e. The number of aliphatic hydroxyl groups excluding tert-OH is 9. The lowest BCUT2D eigenvalue weighted by atomic mass is 9.99. The monoisotopic (exact) mass is 422 g/mol. The molecule has 9 N–H and O–H groups in total. The average Bonchev–Trinajstić information content (AvgIpc) is 2.67. The van der Waals surface area contributed by atoms with Crippen molar-refractivity contribution in [1.82, 2.24) is 0 Å². The Morgan fingerprint density at radius 1 is 0.667 bits per heavy atom. The number of rotatable bonds is 5. The maximum Gasteiger partial charge on any atom is 0.186 e. The van der Waals surface area contributed by atoms with Gasteiger partial charge in [0, 0.05) is 5.88 Å². The van der Waals surface area contributed by atoms with Crippen molar-refractivity contribution in [3.05, 3.63) is 0 Å². The molecule has 0 aromatic rings. The van der Waals surface area contributed by atoms with Gasteiger partial charge in [0.2, 0.25) is 0 Å². The third-order valence-electron chi connectivity index (χ3n) is 4.07. The van der Waals surface area contributed by atoms with Crippen LogP contribution in [0.2, 0.25) is 0 Å². The lowest BCUT2D eigenvalue weighted by Crippen LogP contribution is -2.59. The first kappa shape index (κ1) is 24.8. The van der Waals surface area contributed by atoms with Crippen LogP contribution in [0.15, 0.2) is 0 Å². The van der Waals surface area contributed by atoms with Gasteiger partial charge in [0.25, 0.3) is 0 Å². The fourth-order valence-electron chi connectivity index (χ4n) is 2.45. The number of hydrogen-bond donors (Lipinski definition) is 9. The van der Waals surface area contributed by atoms with E-state index in [1.165, 1.54) is 0 Å². The second-order valence-electron chi connectivity index (χ2n) is 5.98. The topological polar surface area (TPSA) is 210 Å². The highest BCUT2D eigenvalue weighted by molar-refractivity contribution is 6.17. The highest BCUT2D eigenvalue weighted by Crippen LogP contribution is 2.22. The first-order chi connectivity index (χ1) is 12.7. The van der Waals surface area contributed by atoms with Crippen LogP contribution >= 0.6 is 11.6 Å². The lowest BCUT2D eigenvalue weighted by molar-refractivity contribution is -0.299. The lowest BCUT2D eigenvalue weighted by Gasteiger charge is -2.39. The summed E-state index contributed by atoms with van der Waals surface area (Å²) in [5.74, 6) is 0.217. The highest BCUT2D eigenvalue weighted by atomic mass is 35.5. The standard InChI is InChI=1S/C8H15ClO6.C6H12O6/c9-1-2-14-8-7(13)6(12)5(11)4(3-10)15-8;7-1-2-3(8)4(9)5(10)6(11)12-2/h4-8,10-13H,1-3H2;2-11H,1H2/t4-,5-,6+,7+,8+;2-,3-,4+,5+,6+/m11/s1. The molecule has 0 bridgehead atoms. The van der Waals surface area contributed by atoms with Crippen LogP contribution in [0, 0.1) is 0 Å². The van der Waals surface area contributed by atoms with Gasteiger partial charge in [-0.1, -0.05) is 0 Å². The Hall–Kier alpha value is -0.190. The summed E-state index contributed by atoms with van der Waals surface area (Å²) in [5.41, 5.74) is 0. The molecule has 2 saturated heterocycles. The van der Waals surface area contributed by atoms with E-state index in [2.05, 4.69) is 4.74 Å². The molecule has 162 valence electrons. The molecule has 0 spiro atoms. The van der Waals surface area contributed by atoms with Gasteiger partial charge in [-0.05, 0) is 0 Å². The molecule has 2 heterocycles. The predicted octanol–water partition coefficient (Wildman–Crippen LogP) is -5.18. The summed E-state index contributed by atoms with van der Waals surface area (Å²) in [7, 11) is 0. The summed E-state index contributed by atoms with van der Waals surface area (Å²) < 4.78 is 14.6. The second-order valence-corrected chi connectivity index (χ2v) is 6.35. The van der Waals surface area contributed by atoms with Crippen LogP contribution in [0.1, 0.15) is 0 Å². The van der Waals surface area contributed by atoms with E-state index < -0.39 is 74.6 Å². The molecule has 2 aliphatic heterocycles. The van der Waals surface area contributed by atoms with Crippen molar-refractivity contribution in [2.24, 2.45) is 0 Å². The van der Waals surface area contributed by atoms with E-state index >= 15 is 0 Å². The highest BCUT2D eigenvalue weighted by Gasteiger charge is 2.44. The summed E-state index contributed by atoms with van der Waals surface area (Å²) >= 11 is 5.38. The minimum atomic E-state index is -1.57. The van der Waals surface area contributed by atoms with E-state index in [-0.39, 0.29) is 12.5 Å². The van der Waals surface area contributed by atoms with Crippen LogP contribution in [0.25, 0.3) is 0 Å². The molecule has 2 fully saturated rings. The summed E-state index contributed by atoms with van der Waals surface area (Å²) in [6.07, 6.45) is -13.2. The van der Waals surface area contributed by atoms with E-state index in [0.29, 0.717) is 0 Å². The molecule has 0 aromatic heterocycles. The smallest absolute Gasteiger partial charge is 0.186 e. The second kappa shape index (κ2) is 11.7. The average molecular weight is 423 g/mol. The Morgan fingerprint density at radius 3 is 1.63 bits per heavy atom. The molecule has 13 heteroatoms. The van der Waals surface area contributed by atoms with Gasteiger partial charge < -0.3 is 60.2 Å². The van der Waals surface area contributed by atoms with Crippen LogP contribution < -0.4 is 0 Å². The zero-order valence-corrected chi connectivity index (χ0v) is 15.0. The summed E-state index contributed by atoms with van der Waals surface area (Å²) in [5, 5.41) is 81.8. The third kappa shape index (κ3) is 6.40. The molecule has 0 radical (unpaired) electrons. The van der Waals surface area contributed by atoms with Gasteiger partial charge in [0.15, 0.2) is 12.6 Å². The summed E-state index contributed by atoms with van der Waals surface area (Å²) in [6, 6.07) is 0. The Bertz CT molecular complexity index is 411. The van der Waals surface area contributed by atoms with E-state index in [1.807, 2.05) is 0 Å². The number of alkyl halides is 1. The van der Waals surface area contributed by atoms with Crippen LogP contribution in [0.4, 0.5) is 0 Å². The van der Waals surface area contributed by atoms with Crippen molar-refractivity contribution in [3.8, 4) is 0 Å². The molecule has 2 aliphatic rings. The predicted molar refractivity (Wildman–Crippen MR) is 86.4 cm³/mol. The molecule has 0 aromatic carbocycles. The minimum absolute atomic E-state index is 0.143. The fraction of sp³-hybridized carbons (Fsp3) is 1.00. The van der Waals surface area contributed by atoms with Crippen molar-refractivity contribution >= 4 is 11.6 Å². The maximum atomic E-state index is 9.46. The maximum absolute atomic E-state index is 9.46. The van der Waals surface area contributed by atoms with Crippen molar-refractivity contribution in [2.75, 3.05) is 25.7 Å². The van der Waals surface area contributed by atoms with Gasteiger partial charge in [-0.2, -0.15) is 0 Å². The van der Waals surface area contributed by atoms with Crippen LogP contribution in [0.5, 0.6) is 0 Å². The van der Waals surface area contributed by atoms with E-state index in [9.17, 15) is 15.3 Å². The van der Waals surface area contributed by atoms with Crippen molar-refractivity contribution in [1.29, 1.82) is 0 Å². The van der Waals surface area contributed by atoms with Gasteiger partial charge in [0.05, 0.1) is 19.8 Å². The molecule has 0 unspecified atom stereocenters. The van der Waals surface area contributed by atoms with Crippen molar-refractivity contribution in [2.45, 2.75) is 61.4 Å². The van der Waals surface area contributed by atoms with Gasteiger partial charge in [0.1, 0.15) is 48.8 Å². The molecular formula is C14H27ClO12. The zero-order chi connectivity index (χ0) is 20.7. The summed E-state index contributed by atoms with van der Waals surface area (Å²) in [6.45, 7) is -0.849. The molecule has 0 amide bonds. The molecule has 0 aliphatic carbocycles. The Labute approximate surface area is 159 Å². The number of halogens is 1. The largest absolute Gasteiger partial charge is 0.394 e. The quantitative estimate of drug-likeness (QED) is 0.190. The Morgan fingerprint density at radius 2 is 1.15 bits per heavy atom. The van der Waals surface area contributed by atoms with Crippen molar-refractivity contribution in [3.63, 3.8) is 0 Å². The van der Waals surface area contributed by atoms with E-state index in [0.717, 1.165) is 0 Å². The number of hydrogen-bond acceptors (Lipinski definition) is 12. The van der Waals surface area contributed by atoms with E-state index in [1.54, 1.807) is 0 Å². The van der Waals surface area contributed by atoms with Gasteiger partial charge in [-0.15, -0.1) is 11.6 Å². The van der Waals surface area contributed by atoms with Crippen LogP contribution in [-0.2, 0) is 14.2 Å². The zero-order valence-electron chi connectivity index (χ0n) is 14.2. The molecule has 0 saturated carbocycles.